The van der Waals surface area contributed by atoms with Crippen molar-refractivity contribution >= 4 is 11.6 Å². The molecule has 3 nitrogen and oxygen atoms in total. The molecule has 127 valence electrons. The second-order valence-corrected chi connectivity index (χ2v) is 6.35. The maximum atomic E-state index is 12.9. The average molecular weight is 394 g/mol. The van der Waals surface area contributed by atoms with Crippen LogP contribution in [0.25, 0.3) is 0 Å². The summed E-state index contributed by atoms with van der Waals surface area (Å²) in [6, 6.07) is 4.27. The average Bonchev–Trinajstić information content (AvgIpc) is 2.48. The molecule has 1 aromatic carbocycles. The summed E-state index contributed by atoms with van der Waals surface area (Å²) in [6.45, 7) is 17.9. The van der Waals surface area contributed by atoms with Crippen molar-refractivity contribution in [3.05, 3.63) is 28.8 Å². The summed E-state index contributed by atoms with van der Waals surface area (Å²) in [5, 5.41) is 3.21. The first-order valence-corrected chi connectivity index (χ1v) is 8.59. The zero-order chi connectivity index (χ0) is 16.9. The van der Waals surface area contributed by atoms with Gasteiger partial charge in [-0.15, -0.1) is 0 Å². The van der Waals surface area contributed by atoms with Crippen LogP contribution in [0.15, 0.2) is 12.1 Å². The van der Waals surface area contributed by atoms with Crippen LogP contribution in [0.5, 0.6) is 0 Å². The van der Waals surface area contributed by atoms with Crippen molar-refractivity contribution in [3.63, 3.8) is 0 Å². The number of quaternary nitrogens is 1. The minimum Gasteiger partial charge on any atom is -0.320 e. The number of nitrogens with zero attached hydrogens (tertiary/aromatic N) is 1. The number of hydrogen-bond acceptors (Lipinski definition) is 1. The molecule has 1 unspecified atom stereocenters. The monoisotopic (exact) mass is 394 g/mol. The number of carbonyl (C=O) groups excluding carboxylic acids is 1. The van der Waals surface area contributed by atoms with E-state index in [4.69, 9.17) is 0 Å². The van der Waals surface area contributed by atoms with E-state index in [0.717, 1.165) is 47.4 Å². The fourth-order valence-electron chi connectivity index (χ4n) is 3.74. The van der Waals surface area contributed by atoms with Gasteiger partial charge in [0, 0.05) is 44.8 Å². The second-order valence-electron chi connectivity index (χ2n) is 6.35. The molecule has 1 aromatic rings. The van der Waals surface area contributed by atoms with Gasteiger partial charge in [0.1, 0.15) is 0 Å². The zero-order valence-electron chi connectivity index (χ0n) is 16.0. The van der Waals surface area contributed by atoms with Crippen LogP contribution in [0.4, 0.5) is 5.69 Å². The third kappa shape index (κ3) is 5.11. The number of carbonyl (C=O) groups is 1. The molecular weight excluding hydrogens is 361 g/mol. The van der Waals surface area contributed by atoms with E-state index < -0.39 is 0 Å². The van der Waals surface area contributed by atoms with Gasteiger partial charge in [-0.3, -0.25) is 4.79 Å². The molecule has 0 saturated heterocycles. The molecule has 1 rings (SSSR count). The molecular formula is C19H33N2OY+. The Kier molecular flexibility index (Phi) is 9.80. The molecule has 1 radical (unpaired) electrons. The summed E-state index contributed by atoms with van der Waals surface area (Å²) in [5.41, 5.74) is 4.50. The first kappa shape index (κ1) is 22.8. The van der Waals surface area contributed by atoms with Crippen molar-refractivity contribution in [3.8, 4) is 0 Å². The number of anilines is 1. The Balaban J connectivity index is 0.00000484. The molecule has 1 N–H and O–H groups in total. The summed E-state index contributed by atoms with van der Waals surface area (Å²) in [6.07, 6.45) is 0.866. The number of nitrogens with one attached hydrogen (secondary N) is 1. The number of aryl methyl sites for hydroxylation is 3. The van der Waals surface area contributed by atoms with Crippen molar-refractivity contribution in [2.45, 2.75) is 60.9 Å². The van der Waals surface area contributed by atoms with Gasteiger partial charge >= 0.3 is 0 Å². The molecule has 0 aliphatic rings. The van der Waals surface area contributed by atoms with Gasteiger partial charge in [0.25, 0.3) is 5.91 Å². The Morgan fingerprint density at radius 1 is 1.00 bits per heavy atom. The first-order valence-electron chi connectivity index (χ1n) is 8.59. The van der Waals surface area contributed by atoms with Gasteiger partial charge in [0.15, 0.2) is 6.04 Å². The number of likely N-dealkylation sites (N-methyl/N-ethyl adjacent to an activating group) is 1. The number of benzene rings is 1. The summed E-state index contributed by atoms with van der Waals surface area (Å²) in [5.74, 6) is 0.156. The molecule has 4 heteroatoms. The van der Waals surface area contributed by atoms with E-state index >= 15 is 0 Å². The smallest absolute Gasteiger partial charge is 0.282 e. The largest absolute Gasteiger partial charge is 0.320 e. The van der Waals surface area contributed by atoms with Gasteiger partial charge in [-0.2, -0.15) is 0 Å². The predicted octanol–water partition coefficient (Wildman–Crippen LogP) is 4.20. The van der Waals surface area contributed by atoms with E-state index in [1.807, 2.05) is 0 Å². The molecule has 0 fully saturated rings. The topological polar surface area (TPSA) is 29.1 Å². The number of rotatable bonds is 7. The fourth-order valence-corrected chi connectivity index (χ4v) is 3.74. The van der Waals surface area contributed by atoms with Crippen LogP contribution in [0, 0.1) is 20.8 Å². The fraction of sp³-hybridized carbons (Fsp3) is 0.632. The van der Waals surface area contributed by atoms with Crippen molar-refractivity contribution in [1.29, 1.82) is 0 Å². The summed E-state index contributed by atoms with van der Waals surface area (Å²) in [7, 11) is 0. The van der Waals surface area contributed by atoms with Crippen molar-refractivity contribution in [2.75, 3.05) is 25.0 Å². The van der Waals surface area contributed by atoms with Crippen molar-refractivity contribution in [2.24, 2.45) is 0 Å². The normalized spacial score (nSPS) is 12.5. The summed E-state index contributed by atoms with van der Waals surface area (Å²) < 4.78 is 0.853. The molecule has 23 heavy (non-hydrogen) atoms. The Morgan fingerprint density at radius 3 is 1.78 bits per heavy atom. The van der Waals surface area contributed by atoms with Crippen LogP contribution in [-0.4, -0.2) is 36.1 Å². The zero-order valence-corrected chi connectivity index (χ0v) is 18.8. The van der Waals surface area contributed by atoms with Gasteiger partial charge in [0.2, 0.25) is 0 Å². The van der Waals surface area contributed by atoms with Crippen LogP contribution in [0.1, 0.15) is 50.8 Å². The minimum atomic E-state index is 0. The Bertz CT molecular complexity index is 493. The van der Waals surface area contributed by atoms with E-state index in [-0.39, 0.29) is 44.7 Å². The molecule has 0 aromatic heterocycles. The number of amides is 1. The van der Waals surface area contributed by atoms with Crippen LogP contribution < -0.4 is 5.32 Å². The molecule has 0 bridgehead atoms. The van der Waals surface area contributed by atoms with Gasteiger partial charge in [0.05, 0.1) is 19.6 Å². The molecule has 0 heterocycles. The predicted molar refractivity (Wildman–Crippen MR) is 95.2 cm³/mol. The Morgan fingerprint density at radius 2 is 1.43 bits per heavy atom. The molecule has 0 saturated carbocycles. The molecule has 0 aliphatic heterocycles. The van der Waals surface area contributed by atoms with Crippen LogP contribution >= 0.6 is 0 Å². The SMILES string of the molecule is CCC(C(=O)Nc1c(C)cc(C)cc1C)[N+](CC)(CC)CC.[Y]. The summed E-state index contributed by atoms with van der Waals surface area (Å²) >= 11 is 0. The summed E-state index contributed by atoms with van der Waals surface area (Å²) in [4.78, 5) is 12.9. The maximum Gasteiger partial charge on any atom is 0.282 e. The van der Waals surface area contributed by atoms with E-state index in [9.17, 15) is 4.79 Å². The van der Waals surface area contributed by atoms with Crippen molar-refractivity contribution < 1.29 is 42.0 Å². The van der Waals surface area contributed by atoms with Gasteiger partial charge in [-0.05, 0) is 52.7 Å². The van der Waals surface area contributed by atoms with Crippen LogP contribution in [0.2, 0.25) is 0 Å². The minimum absolute atomic E-state index is 0. The Hall–Kier alpha value is -0.246. The molecule has 0 aliphatic carbocycles. The van der Waals surface area contributed by atoms with Crippen molar-refractivity contribution in [1.82, 2.24) is 0 Å². The maximum absolute atomic E-state index is 12.9. The second kappa shape index (κ2) is 9.91. The van der Waals surface area contributed by atoms with Gasteiger partial charge in [-0.25, -0.2) is 0 Å². The number of hydrogen-bond donors (Lipinski definition) is 1. The van der Waals surface area contributed by atoms with Gasteiger partial charge in [-0.1, -0.05) is 24.6 Å². The third-order valence-electron chi connectivity index (χ3n) is 5.17. The van der Waals surface area contributed by atoms with E-state index in [2.05, 4.69) is 65.9 Å². The quantitative estimate of drug-likeness (QED) is 0.690. The van der Waals surface area contributed by atoms with E-state index in [1.54, 1.807) is 0 Å². The van der Waals surface area contributed by atoms with Gasteiger partial charge < -0.3 is 9.80 Å². The van der Waals surface area contributed by atoms with Crippen LogP contribution in [0.3, 0.4) is 0 Å². The van der Waals surface area contributed by atoms with E-state index in [1.165, 1.54) is 5.56 Å². The first-order chi connectivity index (χ1) is 10.3. The molecule has 1 atom stereocenters. The van der Waals surface area contributed by atoms with Crippen LogP contribution in [-0.2, 0) is 37.5 Å². The Labute approximate surface area is 167 Å². The van der Waals surface area contributed by atoms with E-state index in [0.29, 0.717) is 0 Å². The molecule has 0 spiro atoms. The standard InChI is InChI=1S/C19H32N2O.Y/c1-8-17(21(9-2,10-3)11-4)19(22)20-18-15(6)12-14(5)13-16(18)7;/h12-13,17H,8-11H2,1-7H3;/p+1. The molecule has 1 amide bonds. The third-order valence-corrected chi connectivity index (χ3v) is 5.17.